The van der Waals surface area contributed by atoms with Crippen LogP contribution in [0.2, 0.25) is 0 Å². The molecule has 126 valence electrons. The van der Waals surface area contributed by atoms with Crippen LogP contribution in [0.1, 0.15) is 37.3 Å². The largest absolute Gasteiger partial charge is 0.467 e. The monoisotopic (exact) mass is 327 g/mol. The van der Waals surface area contributed by atoms with Gasteiger partial charge in [0.15, 0.2) is 6.04 Å². The number of amides is 1. The number of benzene rings is 1. The highest BCUT2D eigenvalue weighted by Gasteiger charge is 2.27. The zero-order valence-electron chi connectivity index (χ0n) is 12.8. The summed E-state index contributed by atoms with van der Waals surface area (Å²) in [6.07, 6.45) is 2.54. The molecule has 0 spiro atoms. The van der Waals surface area contributed by atoms with Gasteiger partial charge in [0, 0.05) is 18.6 Å². The molecule has 0 saturated carbocycles. The number of ether oxygens (including phenoxy) is 2. The molecular formula is C16H19F2NO4. The van der Waals surface area contributed by atoms with Gasteiger partial charge in [-0.2, -0.15) is 0 Å². The third-order valence-corrected chi connectivity index (χ3v) is 3.73. The van der Waals surface area contributed by atoms with Crippen LogP contribution >= 0.6 is 0 Å². The Hall–Kier alpha value is -2.02. The van der Waals surface area contributed by atoms with Gasteiger partial charge in [0.1, 0.15) is 11.6 Å². The molecule has 0 radical (unpaired) electrons. The Kier molecular flexibility index (Phi) is 6.04. The lowest BCUT2D eigenvalue weighted by atomic mass is 10.0. The summed E-state index contributed by atoms with van der Waals surface area (Å²) >= 11 is 0. The number of carbonyl (C=O) groups is 2. The number of hydrogen-bond donors (Lipinski definition) is 1. The highest BCUT2D eigenvalue weighted by molar-refractivity contribution is 5.85. The zero-order valence-corrected chi connectivity index (χ0v) is 12.8. The molecule has 1 aromatic carbocycles. The smallest absolute Gasteiger partial charge is 0.333 e. The summed E-state index contributed by atoms with van der Waals surface area (Å²) in [5, 5.41) is 2.40. The molecule has 2 atom stereocenters. The SMILES string of the molecule is COC(=O)[C@H](NC(=O)CC[C@H]1CCCO1)c1cc(F)ccc1F. The standard InChI is InChI=1S/C16H19F2NO4/c1-22-16(21)15(12-9-10(17)4-6-13(12)18)19-14(20)7-5-11-3-2-8-23-11/h4,6,9,11,15H,2-3,5,7-8H2,1H3,(H,19,20)/t11-,15-/m1/s1. The predicted octanol–water partition coefficient (Wildman–Crippen LogP) is 2.25. The topological polar surface area (TPSA) is 64.6 Å². The molecule has 0 aliphatic carbocycles. The van der Waals surface area contributed by atoms with E-state index in [2.05, 4.69) is 10.1 Å². The molecule has 5 nitrogen and oxygen atoms in total. The van der Waals surface area contributed by atoms with Gasteiger partial charge < -0.3 is 14.8 Å². The quantitative estimate of drug-likeness (QED) is 0.814. The molecule has 1 aromatic rings. The van der Waals surface area contributed by atoms with E-state index in [0.717, 1.165) is 38.2 Å². The van der Waals surface area contributed by atoms with Crippen molar-refractivity contribution in [1.82, 2.24) is 5.32 Å². The average molecular weight is 327 g/mol. The van der Waals surface area contributed by atoms with Crippen molar-refractivity contribution < 1.29 is 27.8 Å². The van der Waals surface area contributed by atoms with Gasteiger partial charge in [-0.1, -0.05) is 0 Å². The van der Waals surface area contributed by atoms with E-state index in [4.69, 9.17) is 4.74 Å². The van der Waals surface area contributed by atoms with Crippen molar-refractivity contribution >= 4 is 11.9 Å². The maximum Gasteiger partial charge on any atom is 0.333 e. The summed E-state index contributed by atoms with van der Waals surface area (Å²) in [7, 11) is 1.12. The van der Waals surface area contributed by atoms with Crippen molar-refractivity contribution in [3.63, 3.8) is 0 Å². The van der Waals surface area contributed by atoms with Gasteiger partial charge in [-0.3, -0.25) is 4.79 Å². The Morgan fingerprint density at radius 3 is 2.87 bits per heavy atom. The van der Waals surface area contributed by atoms with Crippen molar-refractivity contribution in [1.29, 1.82) is 0 Å². The summed E-state index contributed by atoms with van der Waals surface area (Å²) < 4.78 is 37.2. The molecule has 1 N–H and O–H groups in total. The fourth-order valence-corrected chi connectivity index (χ4v) is 2.51. The Balaban J connectivity index is 2.04. The Labute approximate surface area is 133 Å². The van der Waals surface area contributed by atoms with Crippen LogP contribution in [0.15, 0.2) is 18.2 Å². The van der Waals surface area contributed by atoms with Gasteiger partial charge in [-0.05, 0) is 37.5 Å². The van der Waals surface area contributed by atoms with Gasteiger partial charge in [0.2, 0.25) is 5.91 Å². The fourth-order valence-electron chi connectivity index (χ4n) is 2.51. The molecule has 0 unspecified atom stereocenters. The van der Waals surface area contributed by atoms with E-state index in [1.165, 1.54) is 0 Å². The highest BCUT2D eigenvalue weighted by atomic mass is 19.1. The van der Waals surface area contributed by atoms with Crippen molar-refractivity contribution in [3.8, 4) is 0 Å². The lowest BCUT2D eigenvalue weighted by molar-refractivity contribution is -0.145. The minimum absolute atomic E-state index is 0.0308. The number of rotatable bonds is 6. The molecule has 1 saturated heterocycles. The van der Waals surface area contributed by atoms with Crippen molar-refractivity contribution in [2.24, 2.45) is 0 Å². The number of halogens is 2. The molecule has 0 bridgehead atoms. The first-order chi connectivity index (χ1) is 11.0. The summed E-state index contributed by atoms with van der Waals surface area (Å²) in [5.41, 5.74) is -0.262. The minimum atomic E-state index is -1.38. The second kappa shape index (κ2) is 8.01. The van der Waals surface area contributed by atoms with E-state index in [1.54, 1.807) is 0 Å². The second-order valence-corrected chi connectivity index (χ2v) is 5.36. The summed E-state index contributed by atoms with van der Waals surface area (Å²) in [4.78, 5) is 23.8. The van der Waals surface area contributed by atoms with Crippen LogP contribution in [0.4, 0.5) is 8.78 Å². The lowest BCUT2D eigenvalue weighted by Crippen LogP contribution is -2.35. The first kappa shape index (κ1) is 17.3. The first-order valence-corrected chi connectivity index (χ1v) is 7.45. The molecule has 23 heavy (non-hydrogen) atoms. The average Bonchev–Trinajstić information content (AvgIpc) is 3.06. The summed E-state index contributed by atoms with van der Waals surface area (Å²) in [6.45, 7) is 0.686. The number of esters is 1. The van der Waals surface area contributed by atoms with Gasteiger partial charge in [-0.25, -0.2) is 13.6 Å². The van der Waals surface area contributed by atoms with E-state index >= 15 is 0 Å². The first-order valence-electron chi connectivity index (χ1n) is 7.45. The fraction of sp³-hybridized carbons (Fsp3) is 0.500. The van der Waals surface area contributed by atoms with Gasteiger partial charge in [0.25, 0.3) is 0 Å². The predicted molar refractivity (Wildman–Crippen MR) is 77.5 cm³/mol. The summed E-state index contributed by atoms with van der Waals surface area (Å²) in [5.74, 6) is -2.80. The van der Waals surface area contributed by atoms with Gasteiger partial charge in [0.05, 0.1) is 13.2 Å². The van der Waals surface area contributed by atoms with Crippen LogP contribution in [-0.4, -0.2) is 31.7 Å². The number of methoxy groups -OCH3 is 1. The van der Waals surface area contributed by atoms with Crippen LogP contribution in [0.3, 0.4) is 0 Å². The number of carbonyl (C=O) groups excluding carboxylic acids is 2. The minimum Gasteiger partial charge on any atom is -0.467 e. The van der Waals surface area contributed by atoms with Gasteiger partial charge >= 0.3 is 5.97 Å². The molecule has 1 fully saturated rings. The van der Waals surface area contributed by atoms with E-state index in [9.17, 15) is 18.4 Å². The Bertz CT molecular complexity index is 573. The zero-order chi connectivity index (χ0) is 16.8. The molecule has 1 amide bonds. The molecule has 0 aromatic heterocycles. The van der Waals surface area contributed by atoms with Crippen LogP contribution in [0, 0.1) is 11.6 Å². The molecule has 7 heteroatoms. The second-order valence-electron chi connectivity index (χ2n) is 5.36. The van der Waals surface area contributed by atoms with Crippen LogP contribution < -0.4 is 5.32 Å². The van der Waals surface area contributed by atoms with Crippen molar-refractivity contribution in [2.45, 2.75) is 37.8 Å². The maximum atomic E-state index is 13.9. The highest BCUT2D eigenvalue weighted by Crippen LogP contribution is 2.21. The van der Waals surface area contributed by atoms with E-state index in [-0.39, 0.29) is 18.1 Å². The maximum absolute atomic E-state index is 13.9. The van der Waals surface area contributed by atoms with E-state index < -0.39 is 29.6 Å². The Morgan fingerprint density at radius 2 is 2.22 bits per heavy atom. The number of nitrogens with one attached hydrogen (secondary N) is 1. The molecule has 1 heterocycles. The third kappa shape index (κ3) is 4.72. The molecule has 1 aliphatic rings. The van der Waals surface area contributed by atoms with Crippen molar-refractivity contribution in [3.05, 3.63) is 35.4 Å². The van der Waals surface area contributed by atoms with Crippen LogP contribution in [-0.2, 0) is 19.1 Å². The van der Waals surface area contributed by atoms with Crippen LogP contribution in [0.5, 0.6) is 0 Å². The summed E-state index contributed by atoms with van der Waals surface area (Å²) in [6, 6.07) is 1.33. The third-order valence-electron chi connectivity index (χ3n) is 3.73. The molecular weight excluding hydrogens is 308 g/mol. The Morgan fingerprint density at radius 1 is 1.43 bits per heavy atom. The van der Waals surface area contributed by atoms with Gasteiger partial charge in [-0.15, -0.1) is 0 Å². The van der Waals surface area contributed by atoms with Crippen LogP contribution in [0.25, 0.3) is 0 Å². The molecule has 1 aliphatic heterocycles. The van der Waals surface area contributed by atoms with Crippen molar-refractivity contribution in [2.75, 3.05) is 13.7 Å². The van der Waals surface area contributed by atoms with E-state index in [1.807, 2.05) is 0 Å². The molecule has 2 rings (SSSR count). The van der Waals surface area contributed by atoms with E-state index in [0.29, 0.717) is 13.0 Å². The normalized spacial score (nSPS) is 18.5. The number of hydrogen-bond acceptors (Lipinski definition) is 4. The lowest BCUT2D eigenvalue weighted by Gasteiger charge is -2.18.